The van der Waals surface area contributed by atoms with Crippen LogP contribution in [-0.2, 0) is 4.74 Å². The van der Waals surface area contributed by atoms with Crippen molar-refractivity contribution in [3.05, 3.63) is 35.3 Å². The highest BCUT2D eigenvalue weighted by Crippen LogP contribution is 2.33. The van der Waals surface area contributed by atoms with Gasteiger partial charge in [-0.1, -0.05) is 6.42 Å². The summed E-state index contributed by atoms with van der Waals surface area (Å²) in [7, 11) is 0. The van der Waals surface area contributed by atoms with Crippen LogP contribution in [0.4, 0.5) is 4.39 Å². The van der Waals surface area contributed by atoms with Gasteiger partial charge in [0.15, 0.2) is 0 Å². The van der Waals surface area contributed by atoms with Gasteiger partial charge < -0.3 is 19.7 Å². The molecule has 1 amide bonds. The van der Waals surface area contributed by atoms with Gasteiger partial charge in [-0.2, -0.15) is 0 Å². The summed E-state index contributed by atoms with van der Waals surface area (Å²) in [5.74, 6) is -0.361. The molecule has 2 aliphatic rings. The van der Waals surface area contributed by atoms with Crippen LogP contribution >= 0.6 is 0 Å². The third kappa shape index (κ3) is 2.93. The Labute approximate surface area is 145 Å². The number of rotatable bonds is 2. The van der Waals surface area contributed by atoms with E-state index in [1.54, 1.807) is 6.07 Å². The van der Waals surface area contributed by atoms with Gasteiger partial charge in [-0.3, -0.25) is 4.79 Å². The van der Waals surface area contributed by atoms with Crippen LogP contribution in [0.25, 0.3) is 10.9 Å². The molecule has 0 unspecified atom stereocenters. The Kier molecular flexibility index (Phi) is 4.25. The summed E-state index contributed by atoms with van der Waals surface area (Å²) in [5.41, 5.74) is 1.89. The zero-order valence-electron chi connectivity index (χ0n) is 14.3. The number of H-pyrrole nitrogens is 1. The molecule has 1 aliphatic carbocycles. The number of nitrogens with zero attached hydrogens (tertiary/aromatic N) is 1. The number of carbonyl (C=O) groups is 1. The lowest BCUT2D eigenvalue weighted by atomic mass is 9.94. The third-order valence-corrected chi connectivity index (χ3v) is 5.59. The Morgan fingerprint density at radius 1 is 1.36 bits per heavy atom. The van der Waals surface area contributed by atoms with Gasteiger partial charge in [-0.25, -0.2) is 4.39 Å². The Morgan fingerprint density at radius 2 is 2.20 bits per heavy atom. The van der Waals surface area contributed by atoms with Crippen LogP contribution in [0, 0.1) is 18.7 Å². The molecule has 6 heteroatoms. The van der Waals surface area contributed by atoms with E-state index in [0.717, 1.165) is 30.2 Å². The second-order valence-corrected chi connectivity index (χ2v) is 7.17. The highest BCUT2D eigenvalue weighted by Gasteiger charge is 2.40. The number of hydrogen-bond donors (Lipinski definition) is 2. The SMILES string of the molecule is Cc1cc(F)cc2[nH]c(C(=O)N3CCOC[C@@H]3[C@@H]3CCC[C@@H]3O)cc12. The maximum Gasteiger partial charge on any atom is 0.270 e. The molecule has 25 heavy (non-hydrogen) atoms. The predicted molar refractivity (Wildman–Crippen MR) is 92.0 cm³/mol. The summed E-state index contributed by atoms with van der Waals surface area (Å²) in [6, 6.07) is 4.57. The van der Waals surface area contributed by atoms with Crippen molar-refractivity contribution >= 4 is 16.8 Å². The van der Waals surface area contributed by atoms with Crippen molar-refractivity contribution in [3.63, 3.8) is 0 Å². The fourth-order valence-corrected chi connectivity index (χ4v) is 4.29. The number of ether oxygens (including phenoxy) is 1. The molecule has 1 saturated heterocycles. The molecular weight excluding hydrogens is 323 g/mol. The summed E-state index contributed by atoms with van der Waals surface area (Å²) < 4.78 is 19.2. The van der Waals surface area contributed by atoms with E-state index < -0.39 is 0 Å². The Bertz CT molecular complexity index is 803. The molecule has 0 spiro atoms. The van der Waals surface area contributed by atoms with E-state index in [2.05, 4.69) is 4.98 Å². The van der Waals surface area contributed by atoms with E-state index in [4.69, 9.17) is 4.74 Å². The van der Waals surface area contributed by atoms with Crippen molar-refractivity contribution in [2.24, 2.45) is 5.92 Å². The molecule has 0 bridgehead atoms. The predicted octanol–water partition coefficient (Wildman–Crippen LogP) is 2.62. The molecule has 2 heterocycles. The molecule has 0 radical (unpaired) electrons. The quantitative estimate of drug-likeness (QED) is 0.878. The number of amides is 1. The number of morpholine rings is 1. The van der Waals surface area contributed by atoms with Crippen LogP contribution in [-0.4, -0.2) is 52.8 Å². The number of aromatic amines is 1. The van der Waals surface area contributed by atoms with Crippen molar-refractivity contribution in [1.29, 1.82) is 0 Å². The molecule has 1 saturated carbocycles. The molecule has 2 aromatic rings. The van der Waals surface area contributed by atoms with E-state index in [-0.39, 0.29) is 29.8 Å². The van der Waals surface area contributed by atoms with Crippen LogP contribution < -0.4 is 0 Å². The van der Waals surface area contributed by atoms with Crippen LogP contribution in [0.5, 0.6) is 0 Å². The van der Waals surface area contributed by atoms with E-state index in [1.807, 2.05) is 11.8 Å². The van der Waals surface area contributed by atoms with E-state index >= 15 is 0 Å². The first-order valence-corrected chi connectivity index (χ1v) is 8.90. The lowest BCUT2D eigenvalue weighted by Gasteiger charge is -2.39. The molecule has 3 atom stereocenters. The molecule has 2 fully saturated rings. The normalized spacial score (nSPS) is 27.2. The summed E-state index contributed by atoms with van der Waals surface area (Å²) in [5, 5.41) is 11.1. The average Bonchev–Trinajstić information content (AvgIpc) is 3.20. The van der Waals surface area contributed by atoms with Gasteiger partial charge in [0.2, 0.25) is 0 Å². The zero-order chi connectivity index (χ0) is 17.6. The average molecular weight is 346 g/mol. The number of hydrogen-bond acceptors (Lipinski definition) is 3. The first kappa shape index (κ1) is 16.5. The number of nitrogens with one attached hydrogen (secondary N) is 1. The molecule has 5 nitrogen and oxygen atoms in total. The minimum absolute atomic E-state index is 0.0628. The molecule has 1 aliphatic heterocycles. The smallest absolute Gasteiger partial charge is 0.270 e. The monoisotopic (exact) mass is 346 g/mol. The Morgan fingerprint density at radius 3 is 2.96 bits per heavy atom. The van der Waals surface area contributed by atoms with Crippen molar-refractivity contribution < 1.29 is 19.0 Å². The maximum atomic E-state index is 13.6. The highest BCUT2D eigenvalue weighted by atomic mass is 19.1. The largest absolute Gasteiger partial charge is 0.393 e. The lowest BCUT2D eigenvalue weighted by Crippen LogP contribution is -2.53. The van der Waals surface area contributed by atoms with Gasteiger partial charge in [0.25, 0.3) is 5.91 Å². The standard InChI is InChI=1S/C19H23FN2O3/c1-11-7-12(20)8-15-14(11)9-16(21-15)19(24)22-5-6-25-10-17(22)13-3-2-4-18(13)23/h7-9,13,17-18,21,23H,2-6,10H2,1H3/t13-,17+,18-/m0/s1. The van der Waals surface area contributed by atoms with Crippen LogP contribution in [0.1, 0.15) is 35.3 Å². The van der Waals surface area contributed by atoms with Gasteiger partial charge >= 0.3 is 0 Å². The molecule has 4 rings (SSSR count). The lowest BCUT2D eigenvalue weighted by molar-refractivity contribution is -0.0385. The van der Waals surface area contributed by atoms with Gasteiger partial charge in [0, 0.05) is 23.4 Å². The number of aliphatic hydroxyl groups excluding tert-OH is 1. The third-order valence-electron chi connectivity index (χ3n) is 5.59. The van der Waals surface area contributed by atoms with Crippen molar-refractivity contribution in [3.8, 4) is 0 Å². The number of aromatic nitrogens is 1. The summed E-state index contributed by atoms with van der Waals surface area (Å²) >= 11 is 0. The van der Waals surface area contributed by atoms with Gasteiger partial charge in [0.05, 0.1) is 25.4 Å². The number of carbonyl (C=O) groups excluding carboxylic acids is 1. The van der Waals surface area contributed by atoms with Gasteiger partial charge in [-0.15, -0.1) is 0 Å². The summed E-state index contributed by atoms with van der Waals surface area (Å²) in [6.45, 7) is 3.30. The Balaban J connectivity index is 1.65. The fraction of sp³-hybridized carbons (Fsp3) is 0.526. The fourth-order valence-electron chi connectivity index (χ4n) is 4.29. The molecule has 2 N–H and O–H groups in total. The van der Waals surface area contributed by atoms with Crippen molar-refractivity contribution in [1.82, 2.24) is 9.88 Å². The Hall–Kier alpha value is -1.92. The van der Waals surface area contributed by atoms with Crippen LogP contribution in [0.15, 0.2) is 18.2 Å². The maximum absolute atomic E-state index is 13.6. The van der Waals surface area contributed by atoms with E-state index in [9.17, 15) is 14.3 Å². The summed E-state index contributed by atoms with van der Waals surface area (Å²) in [4.78, 5) is 18.0. The van der Waals surface area contributed by atoms with Crippen LogP contribution in [0.3, 0.4) is 0 Å². The van der Waals surface area contributed by atoms with Gasteiger partial charge in [0.1, 0.15) is 11.5 Å². The van der Waals surface area contributed by atoms with Crippen molar-refractivity contribution in [2.75, 3.05) is 19.8 Å². The number of benzene rings is 1. The zero-order valence-corrected chi connectivity index (χ0v) is 14.3. The highest BCUT2D eigenvalue weighted by molar-refractivity contribution is 5.99. The molecule has 1 aromatic carbocycles. The number of halogens is 1. The number of aliphatic hydroxyl groups is 1. The molecule has 134 valence electrons. The second-order valence-electron chi connectivity index (χ2n) is 7.17. The summed E-state index contributed by atoms with van der Waals surface area (Å²) in [6.07, 6.45) is 2.31. The minimum Gasteiger partial charge on any atom is -0.393 e. The van der Waals surface area contributed by atoms with Gasteiger partial charge in [-0.05, 0) is 43.5 Å². The number of aryl methyl sites for hydroxylation is 1. The van der Waals surface area contributed by atoms with Crippen molar-refractivity contribution in [2.45, 2.75) is 38.3 Å². The molecule has 1 aromatic heterocycles. The van der Waals surface area contributed by atoms with E-state index in [0.29, 0.717) is 31.0 Å². The topological polar surface area (TPSA) is 65.6 Å². The second kappa shape index (κ2) is 6.42. The number of fused-ring (bicyclic) bond motifs is 1. The molecular formula is C19H23FN2O3. The first-order valence-electron chi connectivity index (χ1n) is 8.90. The van der Waals surface area contributed by atoms with E-state index in [1.165, 1.54) is 12.1 Å². The van der Waals surface area contributed by atoms with Crippen LogP contribution in [0.2, 0.25) is 0 Å². The first-order chi connectivity index (χ1) is 12.0. The minimum atomic E-state index is -0.374.